The number of rotatable bonds is 11. The molecule has 9 nitrogen and oxygen atoms in total. The van der Waals surface area contributed by atoms with Gasteiger partial charge in [-0.3, -0.25) is 3.63 Å². The summed E-state index contributed by atoms with van der Waals surface area (Å²) in [6, 6.07) is 18.9. The van der Waals surface area contributed by atoms with E-state index in [-0.39, 0.29) is 26.2 Å². The number of carbonyl (C=O) groups is 2. The van der Waals surface area contributed by atoms with Crippen LogP contribution in [0.2, 0.25) is 0 Å². The molecule has 0 aliphatic rings. The van der Waals surface area contributed by atoms with Gasteiger partial charge in [0.05, 0.1) is 25.0 Å². The second-order valence-electron chi connectivity index (χ2n) is 11.6. The molecule has 0 bridgehead atoms. The first kappa shape index (κ1) is 35.7. The lowest BCUT2D eigenvalue weighted by molar-refractivity contribution is -0.158. The van der Waals surface area contributed by atoms with Gasteiger partial charge in [-0.25, -0.2) is 9.59 Å². The van der Waals surface area contributed by atoms with Crippen LogP contribution in [0.1, 0.15) is 41.5 Å². The minimum atomic E-state index is -6.02. The molecule has 0 saturated heterocycles. The Balaban J connectivity index is 2.07. The highest BCUT2D eigenvalue weighted by Gasteiger charge is 2.57. The van der Waals surface area contributed by atoms with E-state index in [9.17, 15) is 31.2 Å². The standard InChI is InChI=1S/C31H35F3O9S2/c1-29(2,3)41-27(35)20-39-22-12-16-25(17-13-22)44(24-10-8-7-9-11-24,43-45(37,38)31(32,33)34)26-18-14-23(15-19-26)40-21-28(36)42-30(4,5)6/h7-19H,20-21H2,1-6H3/p+1. The molecule has 3 aromatic carbocycles. The molecule has 3 rings (SSSR count). The van der Waals surface area contributed by atoms with E-state index >= 15 is 0 Å². The number of halogens is 3. The Morgan fingerprint density at radius 3 is 1.31 bits per heavy atom. The molecule has 0 unspecified atom stereocenters. The van der Waals surface area contributed by atoms with E-state index < -0.39 is 62.3 Å². The van der Waals surface area contributed by atoms with Crippen LogP contribution in [0.5, 0.6) is 11.5 Å². The lowest BCUT2D eigenvalue weighted by atomic mass is 10.2. The first-order valence-corrected chi connectivity index (χ1v) is 16.6. The highest BCUT2D eigenvalue weighted by Crippen LogP contribution is 2.69. The quantitative estimate of drug-likeness (QED) is 0.0903. The molecular formula is C31H36F3O9S2+. The fraction of sp³-hybridized carbons (Fsp3) is 0.355. The van der Waals surface area contributed by atoms with Gasteiger partial charge in [0.25, 0.3) is 0 Å². The number of hydrogen-bond donors (Lipinski definition) is 0. The van der Waals surface area contributed by atoms with Crippen molar-refractivity contribution in [3.63, 3.8) is 0 Å². The molecule has 0 saturated carbocycles. The van der Waals surface area contributed by atoms with Gasteiger partial charge in [0.15, 0.2) is 13.2 Å². The monoisotopic (exact) mass is 673 g/mol. The van der Waals surface area contributed by atoms with Gasteiger partial charge < -0.3 is 18.9 Å². The van der Waals surface area contributed by atoms with Crippen molar-refractivity contribution in [3.8, 4) is 11.5 Å². The van der Waals surface area contributed by atoms with Crippen LogP contribution in [0, 0.1) is 0 Å². The largest absolute Gasteiger partial charge is 0.572 e. The number of alkyl halides is 3. The molecular weight excluding hydrogens is 637 g/mol. The summed E-state index contributed by atoms with van der Waals surface area (Å²) in [5.74, 6) is -0.877. The molecule has 0 radical (unpaired) electrons. The van der Waals surface area contributed by atoms with Gasteiger partial charge in [-0.15, -0.1) is 8.42 Å². The van der Waals surface area contributed by atoms with E-state index in [1.807, 2.05) is 0 Å². The molecule has 0 aromatic heterocycles. The summed E-state index contributed by atoms with van der Waals surface area (Å²) in [6.07, 6.45) is 0. The molecule has 14 heteroatoms. The number of benzene rings is 3. The predicted octanol–water partition coefficient (Wildman–Crippen LogP) is 7.27. The molecule has 45 heavy (non-hydrogen) atoms. The first-order valence-electron chi connectivity index (χ1n) is 13.6. The van der Waals surface area contributed by atoms with Crippen LogP contribution in [-0.4, -0.2) is 53.9 Å². The normalized spacial score (nSPS) is 13.1. The van der Waals surface area contributed by atoms with E-state index in [0.717, 1.165) is 0 Å². The van der Waals surface area contributed by atoms with E-state index in [1.165, 1.54) is 60.7 Å². The third-order valence-electron chi connectivity index (χ3n) is 5.47. The van der Waals surface area contributed by atoms with Gasteiger partial charge in [0, 0.05) is 0 Å². The first-order chi connectivity index (χ1) is 20.7. The van der Waals surface area contributed by atoms with Gasteiger partial charge in [0.1, 0.15) is 22.7 Å². The average Bonchev–Trinajstić information content (AvgIpc) is 2.92. The molecule has 0 spiro atoms. The smallest absolute Gasteiger partial charge is 0.482 e. The van der Waals surface area contributed by atoms with E-state index in [4.69, 9.17) is 18.9 Å². The van der Waals surface area contributed by atoms with E-state index in [0.29, 0.717) is 0 Å². The lowest BCUT2D eigenvalue weighted by Gasteiger charge is -2.35. The SMILES string of the molecule is CC(C)(C)OC(=O)COc1ccc(S([OH+]S(=O)(=O)C(F)(F)F)(c2ccccc2)c2ccc(OCC(=O)OC(C)(C)C)cc2)cc1. The Hall–Kier alpha value is -3.75. The average molecular weight is 674 g/mol. The third-order valence-corrected chi connectivity index (χ3v) is 10.6. The van der Waals surface area contributed by atoms with Crippen molar-refractivity contribution in [2.24, 2.45) is 0 Å². The summed E-state index contributed by atoms with van der Waals surface area (Å²) in [6.45, 7) is 9.34. The van der Waals surface area contributed by atoms with Crippen LogP contribution in [0.15, 0.2) is 93.5 Å². The summed E-state index contributed by atoms with van der Waals surface area (Å²) < 4.78 is 91.9. The third kappa shape index (κ3) is 9.87. The Bertz CT molecular complexity index is 1480. The van der Waals surface area contributed by atoms with Crippen LogP contribution >= 0.6 is 10.3 Å². The molecule has 3 aromatic rings. The Kier molecular flexibility index (Phi) is 10.9. The highest BCUT2D eigenvalue weighted by atomic mass is 32.3. The zero-order chi connectivity index (χ0) is 33.7. The van der Waals surface area contributed by atoms with Crippen molar-refractivity contribution in [1.29, 1.82) is 0 Å². The molecule has 1 N–H and O–H groups in total. The van der Waals surface area contributed by atoms with Crippen LogP contribution in [0.4, 0.5) is 13.2 Å². The van der Waals surface area contributed by atoms with Crippen molar-refractivity contribution in [1.82, 2.24) is 0 Å². The zero-order valence-corrected chi connectivity index (χ0v) is 27.2. The van der Waals surface area contributed by atoms with Crippen molar-refractivity contribution < 1.29 is 53.8 Å². The van der Waals surface area contributed by atoms with Gasteiger partial charge in [-0.2, -0.15) is 13.2 Å². The van der Waals surface area contributed by atoms with Gasteiger partial charge >= 0.3 is 27.6 Å². The molecule has 246 valence electrons. The zero-order valence-electron chi connectivity index (χ0n) is 25.6. The predicted molar refractivity (Wildman–Crippen MR) is 162 cm³/mol. The Morgan fingerprint density at radius 1 is 0.622 bits per heavy atom. The number of hydrogen-bond acceptors (Lipinski definition) is 8. The topological polar surface area (TPSA) is 118 Å². The highest BCUT2D eigenvalue weighted by molar-refractivity contribution is 8.32. The van der Waals surface area contributed by atoms with Crippen molar-refractivity contribution >= 4 is 32.4 Å². The summed E-state index contributed by atoms with van der Waals surface area (Å²) in [5.41, 5.74) is -7.14. The lowest BCUT2D eigenvalue weighted by Crippen LogP contribution is -2.30. The minimum absolute atomic E-state index is 0.133. The molecule has 0 aliphatic heterocycles. The second-order valence-corrected chi connectivity index (χ2v) is 16.2. The van der Waals surface area contributed by atoms with Crippen LogP contribution < -0.4 is 9.47 Å². The Labute approximate surface area is 262 Å². The number of carbonyl (C=O) groups excluding carboxylic acids is 2. The fourth-order valence-electron chi connectivity index (χ4n) is 3.84. The van der Waals surface area contributed by atoms with Gasteiger partial charge in [-0.1, -0.05) is 18.2 Å². The molecule has 0 aliphatic carbocycles. The van der Waals surface area contributed by atoms with Crippen LogP contribution in [-0.2, 0) is 29.2 Å². The van der Waals surface area contributed by atoms with Gasteiger partial charge in [-0.05, 0) is 102 Å². The van der Waals surface area contributed by atoms with E-state index in [2.05, 4.69) is 3.63 Å². The fourth-order valence-corrected chi connectivity index (χ4v) is 8.81. The van der Waals surface area contributed by atoms with Gasteiger partial charge in [0.2, 0.25) is 0 Å². The summed E-state index contributed by atoms with van der Waals surface area (Å²) in [5, 5.41) is 0. The summed E-state index contributed by atoms with van der Waals surface area (Å²) >= 11 is 0. The number of ether oxygens (including phenoxy) is 4. The molecule has 0 amide bonds. The van der Waals surface area contributed by atoms with Crippen molar-refractivity contribution in [2.75, 3.05) is 13.2 Å². The van der Waals surface area contributed by atoms with Crippen LogP contribution in [0.3, 0.4) is 0 Å². The Morgan fingerprint density at radius 2 is 0.978 bits per heavy atom. The maximum atomic E-state index is 13.8. The van der Waals surface area contributed by atoms with Crippen molar-refractivity contribution in [3.05, 3.63) is 78.9 Å². The van der Waals surface area contributed by atoms with Crippen molar-refractivity contribution in [2.45, 2.75) is 72.9 Å². The maximum Gasteiger partial charge on any atom is 0.572 e. The molecule has 0 atom stereocenters. The van der Waals surface area contributed by atoms with Crippen LogP contribution in [0.25, 0.3) is 0 Å². The van der Waals surface area contributed by atoms with E-state index in [1.54, 1.807) is 59.7 Å². The molecule has 0 heterocycles. The number of esters is 2. The molecule has 0 fully saturated rings. The minimum Gasteiger partial charge on any atom is -0.482 e. The maximum absolute atomic E-state index is 13.8. The summed E-state index contributed by atoms with van der Waals surface area (Å²) in [7, 11) is -9.52. The second kappa shape index (κ2) is 13.7. The summed E-state index contributed by atoms with van der Waals surface area (Å²) in [4.78, 5) is 24.6.